The highest BCUT2D eigenvalue weighted by Gasteiger charge is 2.26. The maximum Gasteiger partial charge on any atom is 0.261 e. The van der Waals surface area contributed by atoms with Gasteiger partial charge in [0.15, 0.2) is 0 Å². The number of benzene rings is 2. The fourth-order valence-corrected chi connectivity index (χ4v) is 4.53. The van der Waals surface area contributed by atoms with Gasteiger partial charge in [0.2, 0.25) is 0 Å². The number of hydrogen-bond acceptors (Lipinski definition) is 5. The Hall–Kier alpha value is -3.39. The Balaban J connectivity index is 1.56. The average molecular weight is 438 g/mol. The van der Waals surface area contributed by atoms with E-state index >= 15 is 0 Å². The molecule has 31 heavy (non-hydrogen) atoms. The second-order valence-corrected chi connectivity index (χ2v) is 9.22. The number of aromatic nitrogens is 1. The van der Waals surface area contributed by atoms with Crippen LogP contribution in [-0.2, 0) is 16.4 Å². The number of ether oxygens (including phenoxy) is 1. The van der Waals surface area contributed by atoms with Crippen molar-refractivity contribution in [1.82, 2.24) is 4.98 Å². The molecule has 0 aliphatic carbocycles. The number of pyridine rings is 1. The van der Waals surface area contributed by atoms with E-state index in [1.165, 1.54) is 18.3 Å². The second-order valence-electron chi connectivity index (χ2n) is 7.54. The van der Waals surface area contributed by atoms with E-state index in [-0.39, 0.29) is 16.9 Å². The molecule has 2 aromatic carbocycles. The first-order valence-corrected chi connectivity index (χ1v) is 11.5. The molecule has 0 spiro atoms. The molecule has 8 heteroatoms. The lowest BCUT2D eigenvalue weighted by Gasteiger charge is -2.18. The number of rotatable bonds is 6. The molecule has 4 rings (SSSR count). The molecule has 2 heterocycles. The quantitative estimate of drug-likeness (QED) is 0.632. The molecular weight excluding hydrogens is 414 g/mol. The third-order valence-corrected chi connectivity index (χ3v) is 6.29. The Morgan fingerprint density at radius 2 is 1.90 bits per heavy atom. The minimum atomic E-state index is -3.78. The number of amides is 1. The Labute approximate surface area is 181 Å². The minimum Gasteiger partial charge on any atom is -0.491 e. The number of carbonyl (C=O) groups excluding carboxylic acids is 1. The Kier molecular flexibility index (Phi) is 5.65. The maximum atomic E-state index is 12.9. The molecule has 0 atom stereocenters. The van der Waals surface area contributed by atoms with Crippen molar-refractivity contribution >= 4 is 27.3 Å². The summed E-state index contributed by atoms with van der Waals surface area (Å²) in [5, 5.41) is 0. The number of hydrogen-bond donors (Lipinski definition) is 1. The van der Waals surface area contributed by atoms with Crippen LogP contribution in [0.15, 0.2) is 71.9 Å². The van der Waals surface area contributed by atoms with Gasteiger partial charge in [-0.25, -0.2) is 8.42 Å². The van der Waals surface area contributed by atoms with E-state index in [0.29, 0.717) is 35.7 Å². The second kappa shape index (κ2) is 8.39. The van der Waals surface area contributed by atoms with Crippen LogP contribution in [0.2, 0.25) is 0 Å². The van der Waals surface area contributed by atoms with Crippen molar-refractivity contribution in [2.45, 2.75) is 31.3 Å². The molecule has 1 aromatic heterocycles. The highest BCUT2D eigenvalue weighted by atomic mass is 32.2. The molecule has 3 aromatic rings. The van der Waals surface area contributed by atoms with E-state index in [1.54, 1.807) is 47.5 Å². The lowest BCUT2D eigenvalue weighted by molar-refractivity contribution is 0.0989. The summed E-state index contributed by atoms with van der Waals surface area (Å²) >= 11 is 0. The lowest BCUT2D eigenvalue weighted by atomic mass is 10.1. The number of sulfonamides is 1. The van der Waals surface area contributed by atoms with Gasteiger partial charge < -0.3 is 9.64 Å². The number of carbonyl (C=O) groups is 1. The SMILES string of the molecule is CC(C)Oc1ccc(S(=O)(=O)Nc2ccc3c(c2)N(C(=O)c2cccnc2)CC3)cc1. The molecule has 0 saturated carbocycles. The monoisotopic (exact) mass is 437 g/mol. The molecule has 0 radical (unpaired) electrons. The van der Waals surface area contributed by atoms with Gasteiger partial charge in [0.05, 0.1) is 22.3 Å². The summed E-state index contributed by atoms with van der Waals surface area (Å²) < 4.78 is 33.8. The first kappa shape index (κ1) is 20.9. The van der Waals surface area contributed by atoms with Crippen LogP contribution in [0.5, 0.6) is 5.75 Å². The Morgan fingerprint density at radius 1 is 1.13 bits per heavy atom. The molecule has 160 valence electrons. The average Bonchev–Trinajstić information content (AvgIpc) is 3.17. The van der Waals surface area contributed by atoms with E-state index in [1.807, 2.05) is 19.9 Å². The lowest BCUT2D eigenvalue weighted by Crippen LogP contribution is -2.29. The zero-order valence-electron chi connectivity index (χ0n) is 17.3. The summed E-state index contributed by atoms with van der Waals surface area (Å²) in [6.07, 6.45) is 3.86. The van der Waals surface area contributed by atoms with Crippen molar-refractivity contribution in [2.24, 2.45) is 0 Å². The normalized spacial score (nSPS) is 13.2. The van der Waals surface area contributed by atoms with Crippen LogP contribution in [-0.4, -0.2) is 32.0 Å². The Morgan fingerprint density at radius 3 is 2.58 bits per heavy atom. The van der Waals surface area contributed by atoms with E-state index in [9.17, 15) is 13.2 Å². The zero-order valence-corrected chi connectivity index (χ0v) is 18.1. The fourth-order valence-electron chi connectivity index (χ4n) is 3.48. The topological polar surface area (TPSA) is 88.6 Å². The summed E-state index contributed by atoms with van der Waals surface area (Å²) in [5.74, 6) is 0.448. The van der Waals surface area contributed by atoms with Crippen molar-refractivity contribution in [3.05, 3.63) is 78.1 Å². The number of nitrogens with zero attached hydrogens (tertiary/aromatic N) is 2. The van der Waals surface area contributed by atoms with Crippen LogP contribution in [0.3, 0.4) is 0 Å². The molecule has 0 unspecified atom stereocenters. The molecule has 0 bridgehead atoms. The predicted molar refractivity (Wildman–Crippen MR) is 119 cm³/mol. The summed E-state index contributed by atoms with van der Waals surface area (Å²) in [7, 11) is -3.78. The van der Waals surface area contributed by atoms with Crippen molar-refractivity contribution in [2.75, 3.05) is 16.2 Å². The summed E-state index contributed by atoms with van der Waals surface area (Å²) in [4.78, 5) is 18.7. The van der Waals surface area contributed by atoms with Crippen LogP contribution in [0.1, 0.15) is 29.8 Å². The number of anilines is 2. The van der Waals surface area contributed by atoms with E-state index in [2.05, 4.69) is 9.71 Å². The van der Waals surface area contributed by atoms with Gasteiger partial charge in [-0.3, -0.25) is 14.5 Å². The molecule has 1 amide bonds. The van der Waals surface area contributed by atoms with Gasteiger partial charge in [-0.1, -0.05) is 6.07 Å². The third-order valence-electron chi connectivity index (χ3n) is 4.89. The molecule has 1 aliphatic heterocycles. The minimum absolute atomic E-state index is 0.00400. The number of nitrogens with one attached hydrogen (secondary N) is 1. The molecule has 0 fully saturated rings. The zero-order chi connectivity index (χ0) is 22.0. The highest BCUT2D eigenvalue weighted by Crippen LogP contribution is 2.33. The van der Waals surface area contributed by atoms with Crippen LogP contribution < -0.4 is 14.4 Å². The van der Waals surface area contributed by atoms with Gasteiger partial charge in [-0.15, -0.1) is 0 Å². The van der Waals surface area contributed by atoms with Gasteiger partial charge in [0.25, 0.3) is 15.9 Å². The van der Waals surface area contributed by atoms with Crippen LogP contribution in [0.25, 0.3) is 0 Å². The molecular formula is C23H23N3O4S. The number of fused-ring (bicyclic) bond motifs is 1. The van der Waals surface area contributed by atoms with Crippen LogP contribution in [0.4, 0.5) is 11.4 Å². The predicted octanol–water partition coefficient (Wildman–Crippen LogP) is 3.87. The van der Waals surface area contributed by atoms with Gasteiger partial charge in [0.1, 0.15) is 5.75 Å². The van der Waals surface area contributed by atoms with Crippen molar-refractivity contribution in [1.29, 1.82) is 0 Å². The smallest absolute Gasteiger partial charge is 0.261 e. The van der Waals surface area contributed by atoms with Gasteiger partial charge in [-0.2, -0.15) is 0 Å². The largest absolute Gasteiger partial charge is 0.491 e. The van der Waals surface area contributed by atoms with Gasteiger partial charge in [0, 0.05) is 24.6 Å². The van der Waals surface area contributed by atoms with Crippen molar-refractivity contribution < 1.29 is 17.9 Å². The molecule has 7 nitrogen and oxygen atoms in total. The standard InChI is InChI=1S/C23H23N3O4S/c1-16(2)30-20-7-9-21(10-8-20)31(28,29)25-19-6-5-17-11-13-26(22(17)14-19)23(27)18-4-3-12-24-15-18/h3-10,12,14-16,25H,11,13H2,1-2H3. The van der Waals surface area contributed by atoms with E-state index in [0.717, 1.165) is 5.56 Å². The molecule has 0 saturated heterocycles. The Bertz CT molecular complexity index is 1190. The van der Waals surface area contributed by atoms with Gasteiger partial charge in [-0.05, 0) is 74.4 Å². The van der Waals surface area contributed by atoms with Crippen LogP contribution in [0, 0.1) is 0 Å². The van der Waals surface area contributed by atoms with E-state index in [4.69, 9.17) is 4.74 Å². The summed E-state index contributed by atoms with van der Waals surface area (Å²) in [5.41, 5.74) is 2.59. The van der Waals surface area contributed by atoms with Gasteiger partial charge >= 0.3 is 0 Å². The summed E-state index contributed by atoms with van der Waals surface area (Å²) in [6, 6.07) is 15.0. The third kappa shape index (κ3) is 4.54. The van der Waals surface area contributed by atoms with Crippen molar-refractivity contribution in [3.8, 4) is 5.75 Å². The highest BCUT2D eigenvalue weighted by molar-refractivity contribution is 7.92. The molecule has 1 N–H and O–H groups in total. The first-order valence-electron chi connectivity index (χ1n) is 9.98. The first-order chi connectivity index (χ1) is 14.8. The van der Waals surface area contributed by atoms with Crippen LogP contribution >= 0.6 is 0 Å². The van der Waals surface area contributed by atoms with Crippen molar-refractivity contribution in [3.63, 3.8) is 0 Å². The maximum absolute atomic E-state index is 12.9. The van der Waals surface area contributed by atoms with E-state index < -0.39 is 10.0 Å². The molecule has 1 aliphatic rings. The summed E-state index contributed by atoms with van der Waals surface area (Å²) in [6.45, 7) is 4.35. The fraction of sp³-hybridized carbons (Fsp3) is 0.217.